The molecule has 3 atom stereocenters. The Hall–Kier alpha value is -0.160. The number of hydrogen-bond donors (Lipinski definition) is 0. The van der Waals surface area contributed by atoms with E-state index in [1.54, 1.807) is 0 Å². The van der Waals surface area contributed by atoms with E-state index >= 15 is 0 Å². The average Bonchev–Trinajstić information content (AvgIpc) is 2.81. The van der Waals surface area contributed by atoms with Crippen LogP contribution >= 0.6 is 0 Å². The molecule has 2 aliphatic rings. The topological polar surface area (TPSA) is 40.7 Å². The van der Waals surface area contributed by atoms with Crippen molar-refractivity contribution in [1.82, 2.24) is 15.5 Å². The Morgan fingerprint density at radius 3 is 2.60 bits per heavy atom. The summed E-state index contributed by atoms with van der Waals surface area (Å²) in [5.41, 5.74) is -0.349. The third-order valence-corrected chi connectivity index (χ3v) is 4.78. The molecule has 2 aliphatic heterocycles. The largest absolute Gasteiger partial charge is 0.338 e. The first-order chi connectivity index (χ1) is 9.64. The van der Waals surface area contributed by atoms with Gasteiger partial charge in [-0.2, -0.15) is 0 Å². The van der Waals surface area contributed by atoms with Gasteiger partial charge in [-0.15, -0.1) is 0 Å². The average molecular weight is 281 g/mol. The summed E-state index contributed by atoms with van der Waals surface area (Å²) in [6.07, 6.45) is 9.60. The van der Waals surface area contributed by atoms with Crippen LogP contribution in [-0.4, -0.2) is 50.1 Å². The second-order valence-corrected chi connectivity index (χ2v) is 6.50. The Labute approximate surface area is 124 Å². The zero-order chi connectivity index (χ0) is 14.4. The van der Waals surface area contributed by atoms with Gasteiger partial charge in [0.05, 0.1) is 6.04 Å². The van der Waals surface area contributed by atoms with Crippen molar-refractivity contribution in [3.63, 3.8) is 0 Å². The van der Waals surface area contributed by atoms with E-state index in [-0.39, 0.29) is 12.0 Å². The van der Waals surface area contributed by atoms with Crippen molar-refractivity contribution in [2.45, 2.75) is 76.3 Å². The summed E-state index contributed by atoms with van der Waals surface area (Å²) in [5.74, 6) is 0. The van der Waals surface area contributed by atoms with Crippen molar-refractivity contribution >= 4 is 0 Å². The summed E-state index contributed by atoms with van der Waals surface area (Å²) < 4.78 is 6.53. The van der Waals surface area contributed by atoms with Crippen molar-refractivity contribution in [2.24, 2.45) is 0 Å². The number of nitrogens with zero attached hydrogens (tertiary/aromatic N) is 3. The summed E-state index contributed by atoms with van der Waals surface area (Å²) >= 11 is 0. The van der Waals surface area contributed by atoms with Crippen molar-refractivity contribution in [2.75, 3.05) is 27.2 Å². The van der Waals surface area contributed by atoms with Gasteiger partial charge < -0.3 is 9.64 Å². The van der Waals surface area contributed by atoms with Crippen LogP contribution in [0.1, 0.15) is 58.3 Å². The lowest BCUT2D eigenvalue weighted by Gasteiger charge is -2.42. The molecule has 20 heavy (non-hydrogen) atoms. The van der Waals surface area contributed by atoms with Gasteiger partial charge >= 0.3 is 0 Å². The zero-order valence-corrected chi connectivity index (χ0v) is 13.5. The van der Waals surface area contributed by atoms with Crippen LogP contribution in [-0.2, 0) is 4.74 Å². The van der Waals surface area contributed by atoms with Crippen molar-refractivity contribution in [3.05, 3.63) is 0 Å². The summed E-state index contributed by atoms with van der Waals surface area (Å²) in [4.78, 5) is 2.24. The normalized spacial score (nSPS) is 34.5. The van der Waals surface area contributed by atoms with Gasteiger partial charge in [-0.25, -0.2) is 10.6 Å². The molecule has 0 saturated carbocycles. The van der Waals surface area contributed by atoms with E-state index in [1.165, 1.54) is 38.5 Å². The molecule has 2 saturated heterocycles. The molecular weight excluding hydrogens is 250 g/mol. The van der Waals surface area contributed by atoms with E-state index in [4.69, 9.17) is 15.4 Å². The second-order valence-electron chi connectivity index (χ2n) is 6.50. The number of hydrogen-bond acceptors (Lipinski definition) is 2. The van der Waals surface area contributed by atoms with E-state index in [9.17, 15) is 0 Å². The van der Waals surface area contributed by atoms with E-state index in [1.807, 2.05) is 0 Å². The molecule has 0 aromatic heterocycles. The quantitative estimate of drug-likeness (QED) is 0.793. The van der Waals surface area contributed by atoms with Crippen LogP contribution in [0.3, 0.4) is 0 Å². The predicted molar refractivity (Wildman–Crippen MR) is 81.7 cm³/mol. The molecule has 0 aliphatic carbocycles. The molecule has 2 radical (unpaired) electrons. The molecule has 2 fully saturated rings. The number of likely N-dealkylation sites (N-methyl/N-ethyl adjacent to an activating group) is 1. The van der Waals surface area contributed by atoms with Gasteiger partial charge in [-0.3, -0.25) is 0 Å². The van der Waals surface area contributed by atoms with Crippen molar-refractivity contribution < 1.29 is 4.74 Å². The van der Waals surface area contributed by atoms with Gasteiger partial charge in [0.2, 0.25) is 0 Å². The molecule has 0 amide bonds. The maximum Gasteiger partial charge on any atom is 0.151 e. The predicted octanol–water partition coefficient (Wildman–Crippen LogP) is 2.33. The SMILES string of the molecule is CC(N(C)C)C1(OC2CCCCC[N]2)CCCCC[N]1. The lowest BCUT2D eigenvalue weighted by atomic mass is 9.98. The highest BCUT2D eigenvalue weighted by atomic mass is 16.5. The van der Waals surface area contributed by atoms with Gasteiger partial charge in [-0.05, 0) is 59.5 Å². The fourth-order valence-corrected chi connectivity index (χ4v) is 3.22. The Morgan fingerprint density at radius 1 is 1.05 bits per heavy atom. The first kappa shape index (κ1) is 16.2. The zero-order valence-electron chi connectivity index (χ0n) is 13.5. The number of ether oxygens (including phenoxy) is 1. The highest BCUT2D eigenvalue weighted by Crippen LogP contribution is 2.30. The molecule has 4 heteroatoms. The summed E-state index contributed by atoms with van der Waals surface area (Å²) in [6, 6.07) is 0.305. The maximum absolute atomic E-state index is 6.53. The summed E-state index contributed by atoms with van der Waals surface area (Å²) in [6.45, 7) is 4.13. The minimum Gasteiger partial charge on any atom is -0.338 e. The van der Waals surface area contributed by atoms with E-state index in [2.05, 4.69) is 25.9 Å². The highest BCUT2D eigenvalue weighted by molar-refractivity contribution is 4.91. The van der Waals surface area contributed by atoms with Gasteiger partial charge in [0.25, 0.3) is 0 Å². The molecule has 0 spiro atoms. The highest BCUT2D eigenvalue weighted by Gasteiger charge is 2.42. The first-order valence-corrected chi connectivity index (χ1v) is 8.33. The summed E-state index contributed by atoms with van der Waals surface area (Å²) in [7, 11) is 4.25. The minimum atomic E-state index is -0.349. The Balaban J connectivity index is 2.07. The molecule has 0 aromatic rings. The van der Waals surface area contributed by atoms with Crippen LogP contribution in [0.15, 0.2) is 0 Å². The van der Waals surface area contributed by atoms with Gasteiger partial charge in [0.1, 0.15) is 6.23 Å². The van der Waals surface area contributed by atoms with Crippen molar-refractivity contribution in [3.8, 4) is 0 Å². The van der Waals surface area contributed by atoms with Crippen LogP contribution in [0.5, 0.6) is 0 Å². The summed E-state index contributed by atoms with van der Waals surface area (Å²) in [5, 5.41) is 9.71. The Kier molecular flexibility index (Phi) is 6.27. The van der Waals surface area contributed by atoms with Crippen LogP contribution in [0.4, 0.5) is 0 Å². The molecule has 3 unspecified atom stereocenters. The Bertz CT molecular complexity index is 267. The molecule has 0 bridgehead atoms. The molecule has 4 nitrogen and oxygen atoms in total. The third kappa shape index (κ3) is 4.17. The Morgan fingerprint density at radius 2 is 1.80 bits per heavy atom. The molecule has 2 rings (SSSR count). The number of rotatable bonds is 4. The van der Waals surface area contributed by atoms with Gasteiger partial charge in [-0.1, -0.05) is 12.8 Å². The molecule has 0 N–H and O–H groups in total. The monoisotopic (exact) mass is 281 g/mol. The molecule has 116 valence electrons. The fourth-order valence-electron chi connectivity index (χ4n) is 3.22. The second kappa shape index (κ2) is 7.74. The van der Waals surface area contributed by atoms with Gasteiger partial charge in [0, 0.05) is 13.1 Å². The van der Waals surface area contributed by atoms with Crippen LogP contribution in [0.25, 0.3) is 0 Å². The molecule has 2 heterocycles. The van der Waals surface area contributed by atoms with E-state index in [0.29, 0.717) is 6.04 Å². The van der Waals surface area contributed by atoms with Crippen LogP contribution in [0.2, 0.25) is 0 Å². The molecular formula is C16H31N3O. The standard InChI is InChI=1S/C16H31N3O/c1-14(19(2)3)16(11-7-5-9-13-18-16)20-15-10-6-4-8-12-17-15/h14-15H,4-13H2,1-3H3. The fraction of sp³-hybridized carbons (Fsp3) is 1.00. The van der Waals surface area contributed by atoms with E-state index < -0.39 is 0 Å². The lowest BCUT2D eigenvalue weighted by molar-refractivity contribution is -0.164. The minimum absolute atomic E-state index is 0.0572. The van der Waals surface area contributed by atoms with Crippen molar-refractivity contribution in [1.29, 1.82) is 0 Å². The van der Waals surface area contributed by atoms with Crippen LogP contribution < -0.4 is 10.6 Å². The third-order valence-electron chi connectivity index (χ3n) is 4.78. The molecule has 0 aromatic carbocycles. The maximum atomic E-state index is 6.53. The van der Waals surface area contributed by atoms with Gasteiger partial charge in [0.15, 0.2) is 5.72 Å². The smallest absolute Gasteiger partial charge is 0.151 e. The lowest BCUT2D eigenvalue weighted by Crippen LogP contribution is -2.58. The van der Waals surface area contributed by atoms with Crippen LogP contribution in [0, 0.1) is 0 Å². The van der Waals surface area contributed by atoms with E-state index in [0.717, 1.165) is 25.9 Å². The first-order valence-electron chi connectivity index (χ1n) is 8.33.